The van der Waals surface area contributed by atoms with E-state index in [9.17, 15) is 4.79 Å². The highest BCUT2D eigenvalue weighted by Crippen LogP contribution is 2.26. The van der Waals surface area contributed by atoms with Crippen molar-refractivity contribution in [3.05, 3.63) is 23.8 Å². The largest absolute Gasteiger partial charge is 0.363 e. The number of fused-ring (bicyclic) bond motifs is 1. The molecule has 6 heteroatoms. The normalized spacial score (nSPS) is 29.2. The van der Waals surface area contributed by atoms with Crippen molar-refractivity contribution in [3.8, 4) is 0 Å². The first-order valence-corrected chi connectivity index (χ1v) is 6.66. The van der Waals surface area contributed by atoms with Gasteiger partial charge in [-0.15, -0.1) is 0 Å². The summed E-state index contributed by atoms with van der Waals surface area (Å²) in [4.78, 5) is 20.4. The average molecular weight is 262 g/mol. The second-order valence-corrected chi connectivity index (χ2v) is 5.12. The van der Waals surface area contributed by atoms with Crippen molar-refractivity contribution in [2.75, 3.05) is 6.54 Å². The van der Waals surface area contributed by atoms with Crippen LogP contribution in [0.1, 0.15) is 24.2 Å². The molecule has 2 aliphatic rings. The molecule has 2 fully saturated rings. The summed E-state index contributed by atoms with van der Waals surface area (Å²) in [5, 5.41) is 6.21. The topological polar surface area (TPSA) is 76.1 Å². The highest BCUT2D eigenvalue weighted by atomic mass is 16.5. The van der Waals surface area contributed by atoms with Crippen molar-refractivity contribution in [1.82, 2.24) is 20.6 Å². The van der Waals surface area contributed by atoms with Crippen molar-refractivity contribution in [2.24, 2.45) is 0 Å². The van der Waals surface area contributed by atoms with E-state index in [0.29, 0.717) is 12.6 Å². The van der Waals surface area contributed by atoms with Gasteiger partial charge >= 0.3 is 0 Å². The first-order chi connectivity index (χ1) is 9.22. The predicted octanol–water partition coefficient (Wildman–Crippen LogP) is -0.0794. The molecule has 3 atom stereocenters. The number of rotatable bonds is 3. The minimum absolute atomic E-state index is 0.0569. The van der Waals surface area contributed by atoms with E-state index in [-0.39, 0.29) is 18.1 Å². The minimum Gasteiger partial charge on any atom is -0.363 e. The number of nitrogens with zero attached hydrogens (tertiary/aromatic N) is 2. The van der Waals surface area contributed by atoms with Gasteiger partial charge in [-0.1, -0.05) is 0 Å². The van der Waals surface area contributed by atoms with Crippen LogP contribution in [0.4, 0.5) is 0 Å². The van der Waals surface area contributed by atoms with E-state index in [0.717, 1.165) is 30.8 Å². The van der Waals surface area contributed by atoms with Crippen molar-refractivity contribution in [2.45, 2.75) is 44.6 Å². The lowest BCUT2D eigenvalue weighted by molar-refractivity contribution is -0.132. The molecule has 0 aromatic carbocycles. The molecule has 1 amide bonds. The first kappa shape index (κ1) is 12.5. The Balaban J connectivity index is 1.50. The summed E-state index contributed by atoms with van der Waals surface area (Å²) in [6.07, 6.45) is 5.01. The van der Waals surface area contributed by atoms with Crippen LogP contribution in [0.25, 0.3) is 0 Å². The van der Waals surface area contributed by atoms with Gasteiger partial charge in [-0.2, -0.15) is 0 Å². The predicted molar refractivity (Wildman–Crippen MR) is 68.3 cm³/mol. The number of amides is 1. The van der Waals surface area contributed by atoms with Crippen LogP contribution in [-0.4, -0.2) is 40.7 Å². The average Bonchev–Trinajstić information content (AvgIpc) is 2.98. The maximum atomic E-state index is 12.0. The van der Waals surface area contributed by atoms with E-state index in [1.807, 2.05) is 6.92 Å². The Morgan fingerprint density at radius 2 is 2.42 bits per heavy atom. The van der Waals surface area contributed by atoms with Crippen molar-refractivity contribution >= 4 is 5.91 Å². The van der Waals surface area contributed by atoms with Gasteiger partial charge in [0.05, 0.1) is 30.2 Å². The maximum absolute atomic E-state index is 12.0. The van der Waals surface area contributed by atoms with Crippen LogP contribution in [0, 0.1) is 6.92 Å². The number of aromatic nitrogens is 2. The van der Waals surface area contributed by atoms with E-state index in [4.69, 9.17) is 4.74 Å². The maximum Gasteiger partial charge on any atom is 0.249 e. The Morgan fingerprint density at radius 3 is 3.16 bits per heavy atom. The Hall–Kier alpha value is -1.53. The molecule has 1 aromatic rings. The molecule has 102 valence electrons. The fraction of sp³-hybridized carbons (Fsp3) is 0.615. The lowest BCUT2D eigenvalue weighted by Gasteiger charge is -2.12. The number of carbonyl (C=O) groups excluding carboxylic acids is 1. The molecule has 3 rings (SSSR count). The van der Waals surface area contributed by atoms with Gasteiger partial charge in [0.2, 0.25) is 5.91 Å². The second-order valence-electron chi connectivity index (χ2n) is 5.12. The van der Waals surface area contributed by atoms with Gasteiger partial charge in [-0.3, -0.25) is 14.8 Å². The summed E-state index contributed by atoms with van der Waals surface area (Å²) in [5.74, 6) is -0.0569. The van der Waals surface area contributed by atoms with Gasteiger partial charge in [0, 0.05) is 18.7 Å². The van der Waals surface area contributed by atoms with E-state index in [2.05, 4.69) is 20.6 Å². The fourth-order valence-electron chi connectivity index (χ4n) is 2.61. The zero-order valence-corrected chi connectivity index (χ0v) is 10.9. The van der Waals surface area contributed by atoms with Crippen LogP contribution >= 0.6 is 0 Å². The number of carbonyl (C=O) groups is 1. The van der Waals surface area contributed by atoms with Gasteiger partial charge < -0.3 is 15.4 Å². The number of hydrogen-bond donors (Lipinski definition) is 2. The van der Waals surface area contributed by atoms with Gasteiger partial charge in [0.1, 0.15) is 6.10 Å². The van der Waals surface area contributed by atoms with Crippen molar-refractivity contribution in [3.63, 3.8) is 0 Å². The number of ether oxygens (including phenoxy) is 1. The molecule has 2 N–H and O–H groups in total. The summed E-state index contributed by atoms with van der Waals surface area (Å²) in [7, 11) is 0. The van der Waals surface area contributed by atoms with Crippen LogP contribution in [0.3, 0.4) is 0 Å². The van der Waals surface area contributed by atoms with Gasteiger partial charge in [0.25, 0.3) is 0 Å². The Labute approximate surface area is 112 Å². The summed E-state index contributed by atoms with van der Waals surface area (Å²) in [6.45, 7) is 3.27. The first-order valence-electron chi connectivity index (χ1n) is 6.66. The summed E-state index contributed by atoms with van der Waals surface area (Å²) < 4.78 is 5.74. The molecule has 0 radical (unpaired) electrons. The smallest absolute Gasteiger partial charge is 0.249 e. The van der Waals surface area contributed by atoms with E-state index in [1.165, 1.54) is 0 Å². The van der Waals surface area contributed by atoms with Crippen molar-refractivity contribution in [1.29, 1.82) is 0 Å². The zero-order valence-electron chi connectivity index (χ0n) is 10.9. The molecular weight excluding hydrogens is 244 g/mol. The lowest BCUT2D eigenvalue weighted by atomic mass is 10.1. The third-order valence-corrected chi connectivity index (χ3v) is 3.66. The minimum atomic E-state index is -0.332. The van der Waals surface area contributed by atoms with E-state index in [1.54, 1.807) is 12.4 Å². The standard InChI is InChI=1S/C13H18N4O2/c1-8-5-16-9(6-15-8)7-17-13(18)12-4-10-11(19-12)2-3-14-10/h5-6,10-12,14H,2-4,7H2,1H3,(H,17,18)/t10-,11-,12+/m1/s1. The summed E-state index contributed by atoms with van der Waals surface area (Å²) in [5.41, 5.74) is 1.63. The monoisotopic (exact) mass is 262 g/mol. The fourth-order valence-corrected chi connectivity index (χ4v) is 2.61. The molecule has 3 heterocycles. The Morgan fingerprint density at radius 1 is 1.53 bits per heavy atom. The number of hydrogen-bond acceptors (Lipinski definition) is 5. The molecule has 0 aliphatic carbocycles. The molecule has 6 nitrogen and oxygen atoms in total. The molecule has 0 unspecified atom stereocenters. The summed E-state index contributed by atoms with van der Waals surface area (Å²) in [6, 6.07) is 0.343. The van der Waals surface area contributed by atoms with Crippen LogP contribution < -0.4 is 10.6 Å². The highest BCUT2D eigenvalue weighted by Gasteiger charge is 2.41. The lowest BCUT2D eigenvalue weighted by Crippen LogP contribution is -2.35. The zero-order chi connectivity index (χ0) is 13.2. The third kappa shape index (κ3) is 2.74. The SMILES string of the molecule is Cc1cnc(CNC(=O)[C@@H]2C[C@H]3NCC[C@H]3O2)cn1. The quantitative estimate of drug-likeness (QED) is 0.797. The van der Waals surface area contributed by atoms with Gasteiger partial charge in [-0.05, 0) is 19.9 Å². The molecule has 0 spiro atoms. The molecule has 19 heavy (non-hydrogen) atoms. The van der Waals surface area contributed by atoms with Crippen molar-refractivity contribution < 1.29 is 9.53 Å². The van der Waals surface area contributed by atoms with Crippen LogP contribution in [0.5, 0.6) is 0 Å². The second kappa shape index (κ2) is 5.22. The molecule has 1 aromatic heterocycles. The Kier molecular flexibility index (Phi) is 3.44. The molecule has 0 saturated carbocycles. The van der Waals surface area contributed by atoms with Crippen LogP contribution in [0.2, 0.25) is 0 Å². The molecular formula is C13H18N4O2. The third-order valence-electron chi connectivity index (χ3n) is 3.66. The molecule has 2 saturated heterocycles. The molecule has 0 bridgehead atoms. The molecule has 2 aliphatic heterocycles. The highest BCUT2D eigenvalue weighted by molar-refractivity contribution is 5.81. The number of aryl methyl sites for hydroxylation is 1. The Bertz CT molecular complexity index is 450. The van der Waals surface area contributed by atoms with Crippen LogP contribution in [0.15, 0.2) is 12.4 Å². The number of nitrogens with one attached hydrogen (secondary N) is 2. The van der Waals surface area contributed by atoms with E-state index < -0.39 is 0 Å². The van der Waals surface area contributed by atoms with Gasteiger partial charge in [-0.25, -0.2) is 0 Å². The summed E-state index contributed by atoms with van der Waals surface area (Å²) >= 11 is 0. The van der Waals surface area contributed by atoms with E-state index >= 15 is 0 Å². The van der Waals surface area contributed by atoms with Crippen LogP contribution in [-0.2, 0) is 16.1 Å². The van der Waals surface area contributed by atoms with Gasteiger partial charge in [0.15, 0.2) is 0 Å².